The summed E-state index contributed by atoms with van der Waals surface area (Å²) in [6, 6.07) is 0. The standard InChI is InChI=1S/C2H5NO2.Na.H2O.H/c3-1-2(4)5;;;/h1,3H2,(H,4,5);;1H2;/q;+1;;-1. The van der Waals surface area contributed by atoms with Crippen molar-refractivity contribution in [2.45, 2.75) is 0 Å². The molecule has 4 nitrogen and oxygen atoms in total. The van der Waals surface area contributed by atoms with Crippen LogP contribution in [-0.2, 0) is 4.79 Å². The number of nitrogens with two attached hydrogens (primary N) is 1. The third-order valence-electron chi connectivity index (χ3n) is 0.175. The van der Waals surface area contributed by atoms with E-state index in [1.165, 1.54) is 0 Å². The first-order chi connectivity index (χ1) is 2.27. The summed E-state index contributed by atoms with van der Waals surface area (Å²) in [6.07, 6.45) is 0. The van der Waals surface area contributed by atoms with Crippen molar-refractivity contribution in [2.75, 3.05) is 6.54 Å². The Morgan fingerprint density at radius 3 is 2.00 bits per heavy atom. The zero-order chi connectivity index (χ0) is 4.28. The van der Waals surface area contributed by atoms with E-state index in [9.17, 15) is 4.79 Å². The molecule has 0 fully saturated rings. The molecule has 0 rings (SSSR count). The van der Waals surface area contributed by atoms with E-state index < -0.39 is 5.97 Å². The first-order valence-corrected chi connectivity index (χ1v) is 1.19. The topological polar surface area (TPSA) is 94.8 Å². The molecule has 0 saturated carbocycles. The van der Waals surface area contributed by atoms with Gasteiger partial charge in [0.25, 0.3) is 0 Å². The quantitative estimate of drug-likeness (QED) is 0.338. The van der Waals surface area contributed by atoms with Crippen molar-refractivity contribution in [2.24, 2.45) is 5.73 Å². The Balaban J connectivity index is -0.0000000267. The van der Waals surface area contributed by atoms with E-state index in [1.807, 2.05) is 0 Å². The molecule has 0 radical (unpaired) electrons. The van der Waals surface area contributed by atoms with Gasteiger partial charge in [-0.25, -0.2) is 0 Å². The van der Waals surface area contributed by atoms with Gasteiger partial charge in [-0.2, -0.15) is 0 Å². The fourth-order valence-corrected chi connectivity index (χ4v) is 0. The summed E-state index contributed by atoms with van der Waals surface area (Å²) in [6.45, 7) is -0.278. The zero-order valence-corrected chi connectivity index (χ0v) is 6.14. The molecule has 0 aliphatic heterocycles. The van der Waals surface area contributed by atoms with Crippen LogP contribution in [0.4, 0.5) is 0 Å². The van der Waals surface area contributed by atoms with Crippen LogP contribution in [0.25, 0.3) is 0 Å². The van der Waals surface area contributed by atoms with Gasteiger partial charge >= 0.3 is 35.5 Å². The summed E-state index contributed by atoms with van der Waals surface area (Å²) in [5.74, 6) is -0.968. The Hall–Kier alpha value is 0.390. The number of carboxylic acid groups (broad SMARTS) is 1. The van der Waals surface area contributed by atoms with Crippen molar-refractivity contribution in [3.05, 3.63) is 0 Å². The fourth-order valence-electron chi connectivity index (χ4n) is 0. The van der Waals surface area contributed by atoms with Crippen molar-refractivity contribution in [1.82, 2.24) is 0 Å². The molecular weight excluding hydrogens is 109 g/mol. The first-order valence-electron chi connectivity index (χ1n) is 1.19. The molecule has 0 saturated heterocycles. The Kier molecular flexibility index (Phi) is 21.5. The zero-order valence-electron chi connectivity index (χ0n) is 5.14. The molecule has 0 aliphatic rings. The van der Waals surface area contributed by atoms with Crippen molar-refractivity contribution in [3.8, 4) is 0 Å². The van der Waals surface area contributed by atoms with Crippen LogP contribution >= 0.6 is 0 Å². The van der Waals surface area contributed by atoms with E-state index in [1.54, 1.807) is 0 Å². The van der Waals surface area contributed by atoms with E-state index in [2.05, 4.69) is 5.73 Å². The van der Waals surface area contributed by atoms with E-state index in [0.29, 0.717) is 0 Å². The van der Waals surface area contributed by atoms with Gasteiger partial charge in [-0.1, -0.05) is 0 Å². The minimum Gasteiger partial charge on any atom is -1.00 e. The molecule has 0 aromatic heterocycles. The van der Waals surface area contributed by atoms with Crippen LogP contribution in [0.3, 0.4) is 0 Å². The fraction of sp³-hybridized carbons (Fsp3) is 0.500. The van der Waals surface area contributed by atoms with Crippen molar-refractivity contribution in [3.63, 3.8) is 0 Å². The summed E-state index contributed by atoms with van der Waals surface area (Å²) in [7, 11) is 0. The number of carboxylic acids is 1. The average Bonchev–Trinajstić information content (AvgIpc) is 1.38. The smallest absolute Gasteiger partial charge is 1.00 e. The summed E-state index contributed by atoms with van der Waals surface area (Å²) in [4.78, 5) is 9.24. The second-order valence-corrected chi connectivity index (χ2v) is 0.598. The molecule has 0 spiro atoms. The van der Waals surface area contributed by atoms with Gasteiger partial charge in [-0.15, -0.1) is 0 Å². The normalized spacial score (nSPS) is 5.29. The van der Waals surface area contributed by atoms with Crippen molar-refractivity contribution >= 4 is 5.97 Å². The Labute approximate surface area is 64.8 Å². The van der Waals surface area contributed by atoms with Gasteiger partial charge in [-0.3, -0.25) is 4.79 Å². The van der Waals surface area contributed by atoms with Gasteiger partial charge in [0.05, 0.1) is 6.54 Å². The van der Waals surface area contributed by atoms with Crippen LogP contribution < -0.4 is 35.3 Å². The number of carbonyl (C=O) groups is 1. The predicted octanol–water partition coefficient (Wildman–Crippen LogP) is -4.68. The van der Waals surface area contributed by atoms with E-state index in [-0.39, 0.29) is 43.0 Å². The number of hydrogen-bond acceptors (Lipinski definition) is 2. The van der Waals surface area contributed by atoms with Crippen LogP contribution in [0.15, 0.2) is 0 Å². The Morgan fingerprint density at radius 1 is 1.86 bits per heavy atom. The molecule has 5 heteroatoms. The van der Waals surface area contributed by atoms with Crippen LogP contribution in [0.2, 0.25) is 0 Å². The maximum atomic E-state index is 9.24. The van der Waals surface area contributed by atoms with E-state index >= 15 is 0 Å². The van der Waals surface area contributed by atoms with Crippen LogP contribution in [0.5, 0.6) is 0 Å². The minimum atomic E-state index is -0.968. The molecule has 0 aliphatic carbocycles. The van der Waals surface area contributed by atoms with Gasteiger partial charge in [0.1, 0.15) is 0 Å². The molecule has 0 unspecified atom stereocenters. The SMILES string of the molecule is NCC(=O)O.O.[H-].[Na+]. The minimum absolute atomic E-state index is 0. The monoisotopic (exact) mass is 117 g/mol. The van der Waals surface area contributed by atoms with Gasteiger partial charge in [-0.05, 0) is 0 Å². The molecule has 5 N–H and O–H groups in total. The van der Waals surface area contributed by atoms with Gasteiger partial charge in [0.2, 0.25) is 0 Å². The summed E-state index contributed by atoms with van der Waals surface area (Å²) in [5, 5.41) is 7.60. The summed E-state index contributed by atoms with van der Waals surface area (Å²) < 4.78 is 0. The molecule has 0 aromatic rings. The maximum absolute atomic E-state index is 9.24. The third-order valence-corrected chi connectivity index (χ3v) is 0.175. The second-order valence-electron chi connectivity index (χ2n) is 0.598. The molecule has 0 bridgehead atoms. The summed E-state index contributed by atoms with van der Waals surface area (Å²) >= 11 is 0. The predicted molar refractivity (Wildman–Crippen MR) is 21.4 cm³/mol. The first kappa shape index (κ1) is 15.7. The molecule has 0 atom stereocenters. The van der Waals surface area contributed by atoms with Gasteiger partial charge in [0, 0.05) is 0 Å². The molecule has 7 heavy (non-hydrogen) atoms. The molecule has 0 amide bonds. The van der Waals surface area contributed by atoms with Crippen LogP contribution in [0, 0.1) is 0 Å². The number of hydrogen-bond donors (Lipinski definition) is 2. The van der Waals surface area contributed by atoms with Crippen LogP contribution in [-0.4, -0.2) is 23.1 Å². The third kappa shape index (κ3) is 21.6. The average molecular weight is 117 g/mol. The maximum Gasteiger partial charge on any atom is 1.00 e. The summed E-state index contributed by atoms with van der Waals surface area (Å²) in [5.41, 5.74) is 4.57. The van der Waals surface area contributed by atoms with Gasteiger partial charge in [0.15, 0.2) is 0 Å². The Bertz CT molecular complexity index is 52.5. The Morgan fingerprint density at radius 2 is 2.00 bits per heavy atom. The second kappa shape index (κ2) is 9.63. The largest absolute Gasteiger partial charge is 1.00 e. The van der Waals surface area contributed by atoms with Crippen molar-refractivity contribution < 1.29 is 46.4 Å². The molecular formula is C2H8NNaO3. The van der Waals surface area contributed by atoms with E-state index in [0.717, 1.165) is 0 Å². The molecule has 0 aromatic carbocycles. The van der Waals surface area contributed by atoms with Crippen LogP contribution in [0.1, 0.15) is 1.43 Å². The van der Waals surface area contributed by atoms with E-state index in [4.69, 9.17) is 5.11 Å². The van der Waals surface area contributed by atoms with Crippen molar-refractivity contribution in [1.29, 1.82) is 0 Å². The number of aliphatic carboxylic acids is 1. The molecule has 40 valence electrons. The molecule has 0 heterocycles. The van der Waals surface area contributed by atoms with Gasteiger partial charge < -0.3 is 17.7 Å². The number of rotatable bonds is 1.